The van der Waals surface area contributed by atoms with E-state index in [1.807, 2.05) is 31.2 Å². The summed E-state index contributed by atoms with van der Waals surface area (Å²) in [5.74, 6) is 12.6. The first-order valence-electron chi connectivity index (χ1n) is 5.47. The molecule has 0 N–H and O–H groups in total. The van der Waals surface area contributed by atoms with Gasteiger partial charge in [-0.05, 0) is 31.2 Å². The quantitative estimate of drug-likeness (QED) is 0.582. The molecule has 0 fully saturated rings. The summed E-state index contributed by atoms with van der Waals surface area (Å²) in [6.07, 6.45) is 0.765. The van der Waals surface area contributed by atoms with Gasteiger partial charge < -0.3 is 9.47 Å². The van der Waals surface area contributed by atoms with Gasteiger partial charge in [-0.1, -0.05) is 11.8 Å². The van der Waals surface area contributed by atoms with Crippen LogP contribution in [0, 0.1) is 23.7 Å². The number of benzene rings is 1. The second-order valence-electron chi connectivity index (χ2n) is 3.26. The summed E-state index contributed by atoms with van der Waals surface area (Å²) in [6, 6.07) is 7.63. The van der Waals surface area contributed by atoms with Crippen molar-refractivity contribution in [1.82, 2.24) is 0 Å². The Labute approximate surface area is 103 Å². The second-order valence-corrected chi connectivity index (χ2v) is 3.26. The van der Waals surface area contributed by atoms with E-state index in [4.69, 9.17) is 9.47 Å². The van der Waals surface area contributed by atoms with Gasteiger partial charge in [-0.3, -0.25) is 0 Å². The highest BCUT2D eigenvalue weighted by molar-refractivity contribution is 5.38. The third-order valence-corrected chi connectivity index (χ3v) is 2.05. The SMILES string of the molecule is CC#CCCOCC#Cc1ccc(OC)cc1. The second kappa shape index (κ2) is 8.28. The summed E-state index contributed by atoms with van der Waals surface area (Å²) in [5, 5.41) is 0. The Hall–Kier alpha value is -1.90. The fourth-order valence-electron chi connectivity index (χ4n) is 1.18. The van der Waals surface area contributed by atoms with Crippen molar-refractivity contribution in [3.63, 3.8) is 0 Å². The molecule has 1 aromatic rings. The Bertz CT molecular complexity index is 438. The highest BCUT2D eigenvalue weighted by Gasteiger charge is 1.89. The predicted molar refractivity (Wildman–Crippen MR) is 68.8 cm³/mol. The Morgan fingerprint density at radius 2 is 1.88 bits per heavy atom. The van der Waals surface area contributed by atoms with E-state index in [1.54, 1.807) is 7.11 Å². The summed E-state index contributed by atoms with van der Waals surface area (Å²) < 4.78 is 10.4. The maximum absolute atomic E-state index is 5.30. The van der Waals surface area contributed by atoms with E-state index in [-0.39, 0.29) is 0 Å². The van der Waals surface area contributed by atoms with Crippen LogP contribution in [0.3, 0.4) is 0 Å². The van der Waals surface area contributed by atoms with Gasteiger partial charge in [0.25, 0.3) is 0 Å². The molecule has 0 aliphatic carbocycles. The molecule has 0 atom stereocenters. The van der Waals surface area contributed by atoms with Crippen LogP contribution in [0.2, 0.25) is 0 Å². The molecule has 0 heterocycles. The lowest BCUT2D eigenvalue weighted by Crippen LogP contribution is -1.93. The lowest BCUT2D eigenvalue weighted by Gasteiger charge is -1.97. The Kier molecular flexibility index (Phi) is 6.41. The van der Waals surface area contributed by atoms with Crippen LogP contribution in [0.25, 0.3) is 0 Å². The molecule has 0 aliphatic rings. The Morgan fingerprint density at radius 1 is 1.12 bits per heavy atom. The van der Waals surface area contributed by atoms with E-state index in [0.29, 0.717) is 13.2 Å². The molecule has 0 aromatic heterocycles. The molecule has 0 unspecified atom stereocenters. The molecule has 17 heavy (non-hydrogen) atoms. The fourth-order valence-corrected chi connectivity index (χ4v) is 1.18. The van der Waals surface area contributed by atoms with Crippen molar-refractivity contribution in [1.29, 1.82) is 0 Å². The number of ether oxygens (including phenoxy) is 2. The Balaban J connectivity index is 2.30. The number of methoxy groups -OCH3 is 1. The molecule has 0 saturated heterocycles. The first kappa shape index (κ1) is 13.2. The maximum Gasteiger partial charge on any atom is 0.118 e. The molecule has 1 rings (SSSR count). The smallest absolute Gasteiger partial charge is 0.118 e. The van der Waals surface area contributed by atoms with Crippen molar-refractivity contribution in [2.75, 3.05) is 20.3 Å². The van der Waals surface area contributed by atoms with Crippen LogP contribution in [0.1, 0.15) is 18.9 Å². The standard InChI is InChI=1S/C15H16O2/c1-3-4-5-12-17-13-6-7-14-8-10-15(16-2)11-9-14/h8-11H,5,12-13H2,1-2H3. The molecule has 0 spiro atoms. The third kappa shape index (κ3) is 5.66. The monoisotopic (exact) mass is 228 g/mol. The van der Waals surface area contributed by atoms with Gasteiger partial charge in [0, 0.05) is 12.0 Å². The minimum absolute atomic E-state index is 0.442. The van der Waals surface area contributed by atoms with Gasteiger partial charge in [-0.15, -0.1) is 11.8 Å². The zero-order valence-corrected chi connectivity index (χ0v) is 10.2. The fraction of sp³-hybridized carbons (Fsp3) is 0.333. The van der Waals surface area contributed by atoms with Gasteiger partial charge in [0.05, 0.1) is 13.7 Å². The van der Waals surface area contributed by atoms with E-state index >= 15 is 0 Å². The molecule has 0 amide bonds. The highest BCUT2D eigenvalue weighted by atomic mass is 16.5. The normalized spacial score (nSPS) is 8.59. The van der Waals surface area contributed by atoms with E-state index in [9.17, 15) is 0 Å². The van der Waals surface area contributed by atoms with Gasteiger partial charge >= 0.3 is 0 Å². The summed E-state index contributed by atoms with van der Waals surface area (Å²) in [6.45, 7) is 2.90. The molecular weight excluding hydrogens is 212 g/mol. The average molecular weight is 228 g/mol. The lowest BCUT2D eigenvalue weighted by molar-refractivity contribution is 0.174. The largest absolute Gasteiger partial charge is 0.497 e. The van der Waals surface area contributed by atoms with E-state index in [1.165, 1.54) is 0 Å². The first-order valence-corrected chi connectivity index (χ1v) is 5.47. The number of hydrogen-bond acceptors (Lipinski definition) is 2. The van der Waals surface area contributed by atoms with Crippen LogP contribution < -0.4 is 4.74 Å². The molecule has 0 aliphatic heterocycles. The molecule has 2 nitrogen and oxygen atoms in total. The highest BCUT2D eigenvalue weighted by Crippen LogP contribution is 2.09. The molecule has 2 heteroatoms. The van der Waals surface area contributed by atoms with E-state index < -0.39 is 0 Å². The zero-order valence-electron chi connectivity index (χ0n) is 10.2. The van der Waals surface area contributed by atoms with Crippen LogP contribution in [-0.4, -0.2) is 20.3 Å². The molecule has 0 radical (unpaired) electrons. The van der Waals surface area contributed by atoms with Crippen molar-refractivity contribution in [2.45, 2.75) is 13.3 Å². The van der Waals surface area contributed by atoms with E-state index in [0.717, 1.165) is 17.7 Å². The third-order valence-electron chi connectivity index (χ3n) is 2.05. The maximum atomic E-state index is 5.30. The van der Waals surface area contributed by atoms with Crippen LogP contribution >= 0.6 is 0 Å². The summed E-state index contributed by atoms with van der Waals surface area (Å²) in [5.41, 5.74) is 0.961. The molecule has 0 bridgehead atoms. The van der Waals surface area contributed by atoms with Crippen molar-refractivity contribution < 1.29 is 9.47 Å². The molecular formula is C15H16O2. The van der Waals surface area contributed by atoms with Crippen LogP contribution in [-0.2, 0) is 4.74 Å². The minimum atomic E-state index is 0.442. The molecule has 88 valence electrons. The van der Waals surface area contributed by atoms with E-state index in [2.05, 4.69) is 23.7 Å². The van der Waals surface area contributed by atoms with Crippen molar-refractivity contribution in [3.8, 4) is 29.4 Å². The van der Waals surface area contributed by atoms with Gasteiger partial charge in [-0.2, -0.15) is 0 Å². The minimum Gasteiger partial charge on any atom is -0.497 e. The average Bonchev–Trinajstić information content (AvgIpc) is 2.38. The topological polar surface area (TPSA) is 18.5 Å². The first-order chi connectivity index (χ1) is 8.36. The Morgan fingerprint density at radius 3 is 2.53 bits per heavy atom. The van der Waals surface area contributed by atoms with Crippen molar-refractivity contribution in [3.05, 3.63) is 29.8 Å². The molecule has 0 saturated carbocycles. The summed E-state index contributed by atoms with van der Waals surface area (Å²) >= 11 is 0. The van der Waals surface area contributed by atoms with Gasteiger partial charge in [0.2, 0.25) is 0 Å². The lowest BCUT2D eigenvalue weighted by atomic mass is 10.2. The number of hydrogen-bond donors (Lipinski definition) is 0. The van der Waals surface area contributed by atoms with Crippen LogP contribution in [0.15, 0.2) is 24.3 Å². The van der Waals surface area contributed by atoms with Crippen LogP contribution in [0.4, 0.5) is 0 Å². The summed E-state index contributed by atoms with van der Waals surface area (Å²) in [4.78, 5) is 0. The van der Waals surface area contributed by atoms with Gasteiger partial charge in [0.15, 0.2) is 0 Å². The molecule has 1 aromatic carbocycles. The van der Waals surface area contributed by atoms with Crippen molar-refractivity contribution >= 4 is 0 Å². The number of rotatable bonds is 4. The van der Waals surface area contributed by atoms with Crippen molar-refractivity contribution in [2.24, 2.45) is 0 Å². The summed E-state index contributed by atoms with van der Waals surface area (Å²) in [7, 11) is 1.65. The zero-order chi connectivity index (χ0) is 12.3. The van der Waals surface area contributed by atoms with Crippen LogP contribution in [0.5, 0.6) is 5.75 Å². The predicted octanol–water partition coefficient (Wildman–Crippen LogP) is 2.48. The van der Waals surface area contributed by atoms with Gasteiger partial charge in [0.1, 0.15) is 12.4 Å². The van der Waals surface area contributed by atoms with Gasteiger partial charge in [-0.25, -0.2) is 0 Å².